The van der Waals surface area contributed by atoms with Crippen molar-refractivity contribution in [1.82, 2.24) is 15.1 Å². The van der Waals surface area contributed by atoms with E-state index < -0.39 is 11.9 Å². The number of carbonyl (C=O) groups is 3. The molecular formula is C41H41BrN4O5. The summed E-state index contributed by atoms with van der Waals surface area (Å²) in [5.74, 6) is 0.404. The number of nitrogens with one attached hydrogen (secondary N) is 1. The highest BCUT2D eigenvalue weighted by Crippen LogP contribution is 2.47. The maximum atomic E-state index is 13.2. The highest BCUT2D eigenvalue weighted by molar-refractivity contribution is 9.10. The molecular weight excluding hydrogens is 708 g/mol. The van der Waals surface area contributed by atoms with Crippen LogP contribution >= 0.6 is 15.9 Å². The van der Waals surface area contributed by atoms with Gasteiger partial charge in [0.1, 0.15) is 17.5 Å². The van der Waals surface area contributed by atoms with Crippen molar-refractivity contribution in [2.24, 2.45) is 0 Å². The standard InChI is InChI=1S/C41H41BrN4O5/c1-44(22-28-19-27-23-46(41(50)33(27)21-35(28)42)36-13-14-38(48)43-40(36)49)29-15-17-45(18-16-29)30-9-7-26(8-10-30)39-32-12-11-31(47)20-37(32)51-24-34(39)25-5-3-2-4-6-25/h2-12,19-21,29,34,36,39,47H,13-18,22-24H2,1H3,(H,43,48,49)/t34-,36?,39-/m1/s1. The first-order chi connectivity index (χ1) is 24.7. The molecule has 2 fully saturated rings. The maximum absolute atomic E-state index is 13.2. The number of amides is 3. The molecule has 4 heterocycles. The smallest absolute Gasteiger partial charge is 0.255 e. The van der Waals surface area contributed by atoms with E-state index in [9.17, 15) is 19.5 Å². The number of fused-ring (bicyclic) bond motifs is 2. The van der Waals surface area contributed by atoms with Gasteiger partial charge < -0.3 is 19.6 Å². The molecule has 0 radical (unpaired) electrons. The van der Waals surface area contributed by atoms with Crippen LogP contribution in [-0.4, -0.2) is 71.5 Å². The largest absolute Gasteiger partial charge is 0.508 e. The minimum atomic E-state index is -0.617. The third-order valence-electron chi connectivity index (χ3n) is 11.2. The van der Waals surface area contributed by atoms with Crippen LogP contribution in [0.4, 0.5) is 5.69 Å². The third-order valence-corrected chi connectivity index (χ3v) is 11.9. The van der Waals surface area contributed by atoms with Gasteiger partial charge in [-0.1, -0.05) is 70.5 Å². The van der Waals surface area contributed by atoms with Crippen molar-refractivity contribution in [2.75, 3.05) is 31.6 Å². The van der Waals surface area contributed by atoms with Crippen LogP contribution in [0.2, 0.25) is 0 Å². The van der Waals surface area contributed by atoms with Crippen molar-refractivity contribution < 1.29 is 24.2 Å². The Hall–Kier alpha value is -4.67. The van der Waals surface area contributed by atoms with Crippen molar-refractivity contribution in [3.8, 4) is 11.5 Å². The fraction of sp³-hybridized carbons (Fsp3) is 0.341. The lowest BCUT2D eigenvalue weighted by atomic mass is 9.76. The normalized spacial score (nSPS) is 22.1. The lowest BCUT2D eigenvalue weighted by molar-refractivity contribution is -0.136. The van der Waals surface area contributed by atoms with Crippen LogP contribution in [0, 0.1) is 0 Å². The molecule has 51 heavy (non-hydrogen) atoms. The average Bonchev–Trinajstić information content (AvgIpc) is 3.45. The predicted octanol–water partition coefficient (Wildman–Crippen LogP) is 6.32. The molecule has 0 aliphatic carbocycles. The van der Waals surface area contributed by atoms with Gasteiger partial charge in [-0.15, -0.1) is 0 Å². The lowest BCUT2D eigenvalue weighted by Crippen LogP contribution is -2.52. The molecule has 0 saturated carbocycles. The molecule has 3 amide bonds. The summed E-state index contributed by atoms with van der Waals surface area (Å²) >= 11 is 3.72. The van der Waals surface area contributed by atoms with Crippen molar-refractivity contribution in [3.05, 3.63) is 123 Å². The Kier molecular flexibility index (Phi) is 9.06. The molecule has 4 aliphatic heterocycles. The van der Waals surface area contributed by atoms with Crippen LogP contribution in [0.25, 0.3) is 0 Å². The highest BCUT2D eigenvalue weighted by Gasteiger charge is 2.40. The Morgan fingerprint density at radius 3 is 2.43 bits per heavy atom. The van der Waals surface area contributed by atoms with E-state index >= 15 is 0 Å². The van der Waals surface area contributed by atoms with Gasteiger partial charge in [-0.2, -0.15) is 0 Å². The monoisotopic (exact) mass is 748 g/mol. The summed E-state index contributed by atoms with van der Waals surface area (Å²) in [6.07, 6.45) is 2.67. The molecule has 10 heteroatoms. The molecule has 8 rings (SSSR count). The Morgan fingerprint density at radius 1 is 0.922 bits per heavy atom. The number of piperidine rings is 2. The molecule has 9 nitrogen and oxygen atoms in total. The van der Waals surface area contributed by atoms with Crippen LogP contribution in [-0.2, 0) is 22.7 Å². The van der Waals surface area contributed by atoms with Crippen LogP contribution < -0.4 is 15.0 Å². The molecule has 262 valence electrons. The maximum Gasteiger partial charge on any atom is 0.255 e. The predicted molar refractivity (Wildman–Crippen MR) is 198 cm³/mol. The van der Waals surface area contributed by atoms with Crippen LogP contribution in [0.5, 0.6) is 11.5 Å². The SMILES string of the molecule is CN(Cc1cc2c(cc1Br)C(=O)N(C1CCC(=O)NC1=O)C2)C1CCN(c2ccc([C@@H]3c4ccc(O)cc4OC[C@@H]3c3ccccc3)cc2)CC1. The van der Waals surface area contributed by atoms with Crippen molar-refractivity contribution in [2.45, 2.75) is 62.7 Å². The Balaban J connectivity index is 0.917. The molecule has 2 saturated heterocycles. The van der Waals surface area contributed by atoms with E-state index in [0.29, 0.717) is 31.2 Å². The summed E-state index contributed by atoms with van der Waals surface area (Å²) in [4.78, 5) is 43.9. The highest BCUT2D eigenvalue weighted by atomic mass is 79.9. The second kappa shape index (κ2) is 13.8. The summed E-state index contributed by atoms with van der Waals surface area (Å²) in [5.41, 5.74) is 7.45. The Labute approximate surface area is 306 Å². The van der Waals surface area contributed by atoms with E-state index in [-0.39, 0.29) is 35.8 Å². The number of hydrogen-bond acceptors (Lipinski definition) is 7. The zero-order valence-corrected chi connectivity index (χ0v) is 30.1. The van der Waals surface area contributed by atoms with Crippen molar-refractivity contribution >= 4 is 39.3 Å². The second-order valence-corrected chi connectivity index (χ2v) is 15.1. The molecule has 2 N–H and O–H groups in total. The molecule has 4 aromatic carbocycles. The minimum Gasteiger partial charge on any atom is -0.508 e. The minimum absolute atomic E-state index is 0.113. The zero-order valence-electron chi connectivity index (χ0n) is 28.6. The van der Waals surface area contributed by atoms with Crippen molar-refractivity contribution in [3.63, 3.8) is 0 Å². The first kappa shape index (κ1) is 33.5. The number of phenolic OH excluding ortho intramolecular Hbond substituents is 1. The fourth-order valence-corrected chi connectivity index (χ4v) is 8.88. The number of carbonyl (C=O) groups excluding carboxylic acids is 3. The first-order valence-electron chi connectivity index (χ1n) is 17.7. The molecule has 1 unspecified atom stereocenters. The van der Waals surface area contributed by atoms with Gasteiger partial charge in [0.2, 0.25) is 11.8 Å². The number of benzene rings is 4. The van der Waals surface area contributed by atoms with Gasteiger partial charge in [0.25, 0.3) is 5.91 Å². The third kappa shape index (κ3) is 6.51. The van der Waals surface area contributed by atoms with E-state index in [2.05, 4.69) is 92.7 Å². The van der Waals surface area contributed by atoms with Crippen molar-refractivity contribution in [1.29, 1.82) is 0 Å². The Bertz CT molecular complexity index is 1980. The number of hydrogen-bond donors (Lipinski definition) is 2. The lowest BCUT2D eigenvalue weighted by Gasteiger charge is -2.38. The summed E-state index contributed by atoms with van der Waals surface area (Å²) < 4.78 is 7.05. The van der Waals surface area contributed by atoms with Gasteiger partial charge in [-0.3, -0.25) is 24.6 Å². The molecule has 0 spiro atoms. The van der Waals surface area contributed by atoms with E-state index in [0.717, 1.165) is 59.4 Å². The van der Waals surface area contributed by atoms with E-state index in [1.807, 2.05) is 18.2 Å². The number of nitrogens with zero attached hydrogens (tertiary/aromatic N) is 3. The molecule has 3 atom stereocenters. The van der Waals surface area contributed by atoms with Gasteiger partial charge in [0.15, 0.2) is 0 Å². The number of ether oxygens (including phenoxy) is 1. The number of rotatable bonds is 7. The van der Waals surface area contributed by atoms with E-state index in [4.69, 9.17) is 4.74 Å². The number of phenols is 1. The van der Waals surface area contributed by atoms with Crippen LogP contribution in [0.3, 0.4) is 0 Å². The topological polar surface area (TPSA) is 102 Å². The van der Waals surface area contributed by atoms with Gasteiger partial charge in [0, 0.05) is 77.8 Å². The number of imide groups is 1. The van der Waals surface area contributed by atoms with Crippen LogP contribution in [0.1, 0.15) is 75.7 Å². The number of halogens is 1. The zero-order chi connectivity index (χ0) is 35.2. The second-order valence-electron chi connectivity index (χ2n) is 14.3. The molecule has 4 aromatic rings. The summed E-state index contributed by atoms with van der Waals surface area (Å²) in [6.45, 7) is 3.59. The molecule has 4 aliphatic rings. The number of anilines is 1. The summed E-state index contributed by atoms with van der Waals surface area (Å²) in [7, 11) is 2.17. The molecule has 0 bridgehead atoms. The van der Waals surface area contributed by atoms with Gasteiger partial charge in [-0.25, -0.2) is 0 Å². The quantitative estimate of drug-likeness (QED) is 0.213. The summed E-state index contributed by atoms with van der Waals surface area (Å²) in [5, 5.41) is 12.5. The van der Waals surface area contributed by atoms with E-state index in [1.54, 1.807) is 17.0 Å². The average molecular weight is 750 g/mol. The van der Waals surface area contributed by atoms with Gasteiger partial charge in [-0.05, 0) is 72.8 Å². The summed E-state index contributed by atoms with van der Waals surface area (Å²) in [6, 6.07) is 28.8. The fourth-order valence-electron chi connectivity index (χ4n) is 8.41. The van der Waals surface area contributed by atoms with Crippen LogP contribution in [0.15, 0.2) is 89.4 Å². The van der Waals surface area contributed by atoms with E-state index in [1.165, 1.54) is 16.8 Å². The Morgan fingerprint density at radius 2 is 1.69 bits per heavy atom. The number of aromatic hydroxyl groups is 1. The first-order valence-corrected chi connectivity index (χ1v) is 18.5. The molecule has 0 aromatic heterocycles. The van der Waals surface area contributed by atoms with Gasteiger partial charge >= 0.3 is 0 Å². The van der Waals surface area contributed by atoms with Gasteiger partial charge in [0.05, 0.1) is 6.61 Å².